The van der Waals surface area contributed by atoms with E-state index < -0.39 is 10.0 Å². The van der Waals surface area contributed by atoms with Crippen LogP contribution in [0.2, 0.25) is 0 Å². The van der Waals surface area contributed by atoms with Crippen molar-refractivity contribution in [1.82, 2.24) is 0 Å². The molecule has 27 heavy (non-hydrogen) atoms. The average Bonchev–Trinajstić information content (AvgIpc) is 2.52. The summed E-state index contributed by atoms with van der Waals surface area (Å²) in [6, 6.07) is 13.3. The molecule has 0 atom stereocenters. The molecule has 0 aliphatic carbocycles. The molecule has 3 N–H and O–H groups in total. The van der Waals surface area contributed by atoms with E-state index in [1.165, 1.54) is 0 Å². The van der Waals surface area contributed by atoms with E-state index in [1.54, 1.807) is 6.07 Å². The van der Waals surface area contributed by atoms with Crippen molar-refractivity contribution in [2.24, 2.45) is 11.8 Å². The van der Waals surface area contributed by atoms with Crippen LogP contribution in [0.3, 0.4) is 0 Å². The third-order valence-electron chi connectivity index (χ3n) is 4.07. The van der Waals surface area contributed by atoms with Gasteiger partial charge in [0, 0.05) is 18.7 Å². The Balaban J connectivity index is 2.42. The molecule has 0 saturated heterocycles. The Morgan fingerprint density at radius 1 is 1.00 bits per heavy atom. The maximum Gasteiger partial charge on any atom is 0.229 e. The first kappa shape index (κ1) is 21.1. The number of benzene rings is 2. The second-order valence-corrected chi connectivity index (χ2v) is 9.63. The fourth-order valence-corrected chi connectivity index (χ4v) is 3.76. The lowest BCUT2D eigenvalue weighted by Crippen LogP contribution is -2.31. The molecule has 2 aromatic carbocycles. The van der Waals surface area contributed by atoms with Crippen LogP contribution in [0.15, 0.2) is 42.5 Å². The zero-order valence-electron chi connectivity index (χ0n) is 16.9. The van der Waals surface area contributed by atoms with Crippen LogP contribution in [0.1, 0.15) is 27.7 Å². The summed E-state index contributed by atoms with van der Waals surface area (Å²) in [6.45, 7) is 10.7. The lowest BCUT2D eigenvalue weighted by Gasteiger charge is -2.30. The SMILES string of the molecule is CC(C)CN(CC(C)C)c1ccc(-c2ccccc2NS(C)(=O)=O)cc1N. The summed E-state index contributed by atoms with van der Waals surface area (Å²) < 4.78 is 25.9. The van der Waals surface area contributed by atoms with Gasteiger partial charge in [-0.25, -0.2) is 8.42 Å². The molecule has 0 bridgehead atoms. The number of nitrogens with zero attached hydrogens (tertiary/aromatic N) is 1. The molecule has 0 aliphatic heterocycles. The maximum atomic E-state index is 11.7. The summed E-state index contributed by atoms with van der Waals surface area (Å²) in [5.41, 5.74) is 10.4. The van der Waals surface area contributed by atoms with Crippen LogP contribution in [0.25, 0.3) is 11.1 Å². The normalized spacial score (nSPS) is 11.8. The van der Waals surface area contributed by atoms with Gasteiger partial charge in [-0.1, -0.05) is 52.0 Å². The summed E-state index contributed by atoms with van der Waals surface area (Å²) >= 11 is 0. The van der Waals surface area contributed by atoms with Crippen molar-refractivity contribution in [3.05, 3.63) is 42.5 Å². The predicted octanol–water partition coefficient (Wildman–Crippen LogP) is 4.43. The van der Waals surface area contributed by atoms with Crippen molar-refractivity contribution in [2.75, 3.05) is 34.7 Å². The maximum absolute atomic E-state index is 11.7. The Morgan fingerprint density at radius 2 is 1.59 bits per heavy atom. The van der Waals surface area contributed by atoms with Gasteiger partial charge in [0.05, 0.1) is 23.3 Å². The molecule has 0 aliphatic rings. The van der Waals surface area contributed by atoms with Gasteiger partial charge in [0.2, 0.25) is 10.0 Å². The zero-order valence-corrected chi connectivity index (χ0v) is 17.7. The van der Waals surface area contributed by atoms with E-state index in [1.807, 2.05) is 36.4 Å². The largest absolute Gasteiger partial charge is 0.397 e. The van der Waals surface area contributed by atoms with Crippen LogP contribution in [-0.2, 0) is 10.0 Å². The standard InChI is InChI=1S/C21H31N3O2S/c1-15(2)13-24(14-16(3)4)21-11-10-17(12-19(21)22)18-8-6-7-9-20(18)23-27(5,25)26/h6-12,15-16,23H,13-14,22H2,1-5H3. The summed E-state index contributed by atoms with van der Waals surface area (Å²) in [6.07, 6.45) is 1.15. The number of hydrogen-bond acceptors (Lipinski definition) is 4. The first-order chi connectivity index (χ1) is 12.6. The fourth-order valence-electron chi connectivity index (χ4n) is 3.19. The first-order valence-electron chi connectivity index (χ1n) is 9.28. The molecule has 2 rings (SSSR count). The number of anilines is 3. The van der Waals surface area contributed by atoms with Crippen LogP contribution < -0.4 is 15.4 Å². The molecule has 0 spiro atoms. The molecule has 0 fully saturated rings. The Hall–Kier alpha value is -2.21. The van der Waals surface area contributed by atoms with Crippen molar-refractivity contribution < 1.29 is 8.42 Å². The first-order valence-corrected chi connectivity index (χ1v) is 11.2. The highest BCUT2D eigenvalue weighted by molar-refractivity contribution is 7.92. The minimum atomic E-state index is -3.36. The van der Waals surface area contributed by atoms with Crippen LogP contribution in [-0.4, -0.2) is 27.8 Å². The highest BCUT2D eigenvalue weighted by Gasteiger charge is 2.15. The molecule has 0 saturated carbocycles. The van der Waals surface area contributed by atoms with Crippen molar-refractivity contribution in [2.45, 2.75) is 27.7 Å². The number of sulfonamides is 1. The molecular weight excluding hydrogens is 358 g/mol. The van der Waals surface area contributed by atoms with Crippen molar-refractivity contribution >= 4 is 27.1 Å². The third-order valence-corrected chi connectivity index (χ3v) is 4.66. The number of hydrogen-bond donors (Lipinski definition) is 2. The van der Waals surface area contributed by atoms with Crippen molar-refractivity contribution in [3.8, 4) is 11.1 Å². The third kappa shape index (κ3) is 6.17. The van der Waals surface area contributed by atoms with E-state index in [0.29, 0.717) is 23.2 Å². The molecule has 0 aromatic heterocycles. The minimum Gasteiger partial charge on any atom is -0.397 e. The van der Waals surface area contributed by atoms with E-state index in [9.17, 15) is 8.42 Å². The van der Waals surface area contributed by atoms with Gasteiger partial charge in [-0.2, -0.15) is 0 Å². The van der Waals surface area contributed by atoms with Gasteiger partial charge in [0.15, 0.2) is 0 Å². The summed E-state index contributed by atoms with van der Waals surface area (Å²) in [5, 5.41) is 0. The van der Waals surface area contributed by atoms with Crippen LogP contribution >= 0.6 is 0 Å². The van der Waals surface area contributed by atoms with Gasteiger partial charge >= 0.3 is 0 Å². The minimum absolute atomic E-state index is 0.530. The highest BCUT2D eigenvalue weighted by atomic mass is 32.2. The molecular formula is C21H31N3O2S. The zero-order chi connectivity index (χ0) is 20.2. The van der Waals surface area contributed by atoms with Gasteiger partial charge < -0.3 is 10.6 Å². The number of para-hydroxylation sites is 1. The Kier molecular flexibility index (Phi) is 6.76. The van der Waals surface area contributed by atoms with E-state index in [4.69, 9.17) is 5.73 Å². The molecule has 0 radical (unpaired) electrons. The molecule has 6 heteroatoms. The van der Waals surface area contributed by atoms with Crippen LogP contribution in [0.5, 0.6) is 0 Å². The van der Waals surface area contributed by atoms with Gasteiger partial charge in [0.1, 0.15) is 0 Å². The highest BCUT2D eigenvalue weighted by Crippen LogP contribution is 2.34. The van der Waals surface area contributed by atoms with Gasteiger partial charge in [-0.3, -0.25) is 4.72 Å². The fraction of sp³-hybridized carbons (Fsp3) is 0.429. The lowest BCUT2D eigenvalue weighted by atomic mass is 10.0. The second kappa shape index (κ2) is 8.65. The molecule has 0 heterocycles. The molecule has 5 nitrogen and oxygen atoms in total. The van der Waals surface area contributed by atoms with Gasteiger partial charge in [-0.05, 0) is 35.6 Å². The summed E-state index contributed by atoms with van der Waals surface area (Å²) in [4.78, 5) is 2.33. The van der Waals surface area contributed by atoms with E-state index >= 15 is 0 Å². The molecule has 0 unspecified atom stereocenters. The smallest absolute Gasteiger partial charge is 0.229 e. The lowest BCUT2D eigenvalue weighted by molar-refractivity contribution is 0.553. The van der Waals surface area contributed by atoms with Crippen LogP contribution in [0.4, 0.5) is 17.1 Å². The van der Waals surface area contributed by atoms with E-state index in [-0.39, 0.29) is 0 Å². The summed E-state index contributed by atoms with van der Waals surface area (Å²) in [5.74, 6) is 1.06. The van der Waals surface area contributed by atoms with Gasteiger partial charge in [-0.15, -0.1) is 0 Å². The Labute approximate surface area is 163 Å². The Bertz CT molecular complexity index is 867. The quantitative estimate of drug-likeness (QED) is 0.655. The molecule has 148 valence electrons. The number of nitrogen functional groups attached to an aromatic ring is 1. The number of nitrogens with one attached hydrogen (secondary N) is 1. The molecule has 0 amide bonds. The number of nitrogens with two attached hydrogens (primary N) is 1. The predicted molar refractivity (Wildman–Crippen MR) is 117 cm³/mol. The monoisotopic (exact) mass is 389 g/mol. The van der Waals surface area contributed by atoms with Crippen molar-refractivity contribution in [1.29, 1.82) is 0 Å². The van der Waals surface area contributed by atoms with E-state index in [0.717, 1.165) is 36.2 Å². The second-order valence-electron chi connectivity index (χ2n) is 7.89. The number of rotatable bonds is 8. The summed E-state index contributed by atoms with van der Waals surface area (Å²) in [7, 11) is -3.36. The van der Waals surface area contributed by atoms with Crippen LogP contribution in [0, 0.1) is 11.8 Å². The molecule has 2 aromatic rings. The van der Waals surface area contributed by atoms with E-state index in [2.05, 4.69) is 37.3 Å². The van der Waals surface area contributed by atoms with Crippen molar-refractivity contribution in [3.63, 3.8) is 0 Å². The van der Waals surface area contributed by atoms with Gasteiger partial charge in [0.25, 0.3) is 0 Å². The topological polar surface area (TPSA) is 75.4 Å². The average molecular weight is 390 g/mol. The Morgan fingerprint density at radius 3 is 2.11 bits per heavy atom.